The Morgan fingerprint density at radius 3 is 2.38 bits per heavy atom. The van der Waals surface area contributed by atoms with Gasteiger partial charge in [-0.15, -0.1) is 24.0 Å². The van der Waals surface area contributed by atoms with Crippen LogP contribution in [0, 0.1) is 0 Å². The maximum absolute atomic E-state index is 12.0. The molecule has 0 spiro atoms. The second-order valence-electron chi connectivity index (χ2n) is 5.37. The lowest BCUT2D eigenvalue weighted by Crippen LogP contribution is -2.40. The molecule has 0 fully saturated rings. The van der Waals surface area contributed by atoms with E-state index in [0.29, 0.717) is 12.1 Å². The van der Waals surface area contributed by atoms with Gasteiger partial charge in [-0.25, -0.2) is 0 Å². The van der Waals surface area contributed by atoms with Gasteiger partial charge in [-0.2, -0.15) is 0 Å². The van der Waals surface area contributed by atoms with E-state index in [4.69, 9.17) is 0 Å². The molecule has 2 N–H and O–H groups in total. The fraction of sp³-hybridized carbons (Fsp3) is 0.529. The van der Waals surface area contributed by atoms with E-state index in [1.54, 1.807) is 7.05 Å². The van der Waals surface area contributed by atoms with E-state index in [2.05, 4.69) is 43.4 Å². The Hall–Kier alpha value is -0.830. The van der Waals surface area contributed by atoms with Crippen molar-refractivity contribution in [1.29, 1.82) is 0 Å². The second-order valence-corrected chi connectivity index (χ2v) is 6.28. The molecule has 0 radical (unpaired) electrons. The lowest BCUT2D eigenvalue weighted by molar-refractivity contribution is 0.0953. The molecular formula is C17H28BrIN4O. The number of halogens is 2. The fourth-order valence-corrected chi connectivity index (χ4v) is 2.34. The number of carbonyl (C=O) groups is 1. The molecule has 1 rings (SSSR count). The molecule has 136 valence electrons. The van der Waals surface area contributed by atoms with Crippen LogP contribution in [0.5, 0.6) is 0 Å². The van der Waals surface area contributed by atoms with Crippen molar-refractivity contribution in [2.45, 2.75) is 26.2 Å². The number of unbranched alkanes of at least 4 members (excludes halogenated alkanes) is 1. The number of nitrogens with one attached hydrogen (secondary N) is 2. The molecular weight excluding hydrogens is 483 g/mol. The van der Waals surface area contributed by atoms with Crippen LogP contribution in [-0.4, -0.2) is 50.5 Å². The zero-order valence-electron chi connectivity index (χ0n) is 14.6. The summed E-state index contributed by atoms with van der Waals surface area (Å²) in [5, 5.41) is 6.24. The Balaban J connectivity index is 0.00000529. The third-order valence-corrected chi connectivity index (χ3v) is 3.98. The Bertz CT molecular complexity index is 508. The molecule has 0 aliphatic heterocycles. The van der Waals surface area contributed by atoms with Crippen molar-refractivity contribution in [2.75, 3.05) is 33.7 Å². The molecule has 0 saturated carbocycles. The monoisotopic (exact) mass is 510 g/mol. The minimum Gasteiger partial charge on any atom is -0.356 e. The number of hydrogen-bond donors (Lipinski definition) is 2. The van der Waals surface area contributed by atoms with E-state index in [0.717, 1.165) is 36.4 Å². The number of nitrogens with zero attached hydrogens (tertiary/aromatic N) is 2. The summed E-state index contributed by atoms with van der Waals surface area (Å²) >= 11 is 3.36. The molecule has 0 atom stereocenters. The van der Waals surface area contributed by atoms with Gasteiger partial charge in [0.05, 0.1) is 0 Å². The van der Waals surface area contributed by atoms with E-state index < -0.39 is 0 Å². The van der Waals surface area contributed by atoms with Gasteiger partial charge in [0.2, 0.25) is 0 Å². The van der Waals surface area contributed by atoms with E-state index in [-0.39, 0.29) is 29.9 Å². The van der Waals surface area contributed by atoms with Gasteiger partial charge >= 0.3 is 0 Å². The first kappa shape index (κ1) is 23.2. The largest absolute Gasteiger partial charge is 0.356 e. The van der Waals surface area contributed by atoms with Crippen LogP contribution in [0.25, 0.3) is 0 Å². The van der Waals surface area contributed by atoms with Crippen LogP contribution in [0.15, 0.2) is 33.7 Å². The molecule has 1 amide bonds. The quantitative estimate of drug-likeness (QED) is 0.243. The highest BCUT2D eigenvalue weighted by atomic mass is 127. The fourth-order valence-electron chi connectivity index (χ4n) is 2.08. The van der Waals surface area contributed by atoms with E-state index in [1.165, 1.54) is 6.42 Å². The average molecular weight is 511 g/mol. The number of benzene rings is 1. The van der Waals surface area contributed by atoms with Crippen LogP contribution in [0.3, 0.4) is 0 Å². The number of guanidine groups is 1. The zero-order valence-corrected chi connectivity index (χ0v) is 18.6. The van der Waals surface area contributed by atoms with Crippen molar-refractivity contribution in [3.63, 3.8) is 0 Å². The molecule has 0 aliphatic rings. The first-order valence-corrected chi connectivity index (χ1v) is 8.83. The van der Waals surface area contributed by atoms with Gasteiger partial charge < -0.3 is 15.5 Å². The summed E-state index contributed by atoms with van der Waals surface area (Å²) in [7, 11) is 3.83. The van der Waals surface area contributed by atoms with Crippen molar-refractivity contribution in [3.05, 3.63) is 34.3 Å². The summed E-state index contributed by atoms with van der Waals surface area (Å²) in [5.74, 6) is 0.861. The van der Waals surface area contributed by atoms with E-state index >= 15 is 0 Å². The molecule has 0 aromatic heterocycles. The third-order valence-electron chi connectivity index (χ3n) is 3.45. The maximum Gasteiger partial charge on any atom is 0.251 e. The van der Waals surface area contributed by atoms with Crippen molar-refractivity contribution in [3.8, 4) is 0 Å². The predicted molar refractivity (Wildman–Crippen MR) is 115 cm³/mol. The molecule has 24 heavy (non-hydrogen) atoms. The third kappa shape index (κ3) is 8.86. The Morgan fingerprint density at radius 1 is 1.17 bits per heavy atom. The number of aliphatic imine (C=N–C) groups is 1. The van der Waals surface area contributed by atoms with Crippen LogP contribution in [0.4, 0.5) is 0 Å². The zero-order chi connectivity index (χ0) is 17.1. The first-order chi connectivity index (χ1) is 11.1. The SMILES string of the molecule is CCCCN(C)C(=NC)NCCCNC(=O)c1ccc(Br)cc1.I. The highest BCUT2D eigenvalue weighted by Crippen LogP contribution is 2.10. The predicted octanol–water partition coefficient (Wildman–Crippen LogP) is 3.49. The molecule has 0 unspecified atom stereocenters. The van der Waals surface area contributed by atoms with Gasteiger partial charge in [0.15, 0.2) is 5.96 Å². The van der Waals surface area contributed by atoms with Gasteiger partial charge in [-0.1, -0.05) is 29.3 Å². The van der Waals surface area contributed by atoms with Crippen LogP contribution < -0.4 is 10.6 Å². The minimum atomic E-state index is -0.0399. The Labute approximate surface area is 170 Å². The van der Waals surface area contributed by atoms with Gasteiger partial charge in [0.1, 0.15) is 0 Å². The topological polar surface area (TPSA) is 56.7 Å². The van der Waals surface area contributed by atoms with Crippen molar-refractivity contribution in [1.82, 2.24) is 15.5 Å². The molecule has 1 aromatic carbocycles. The number of amides is 1. The number of carbonyl (C=O) groups excluding carboxylic acids is 1. The highest BCUT2D eigenvalue weighted by Gasteiger charge is 2.06. The molecule has 1 aromatic rings. The van der Waals surface area contributed by atoms with Gasteiger partial charge in [-0.3, -0.25) is 9.79 Å². The summed E-state index contributed by atoms with van der Waals surface area (Å²) in [4.78, 5) is 18.4. The van der Waals surface area contributed by atoms with Gasteiger partial charge in [0.25, 0.3) is 5.91 Å². The highest BCUT2D eigenvalue weighted by molar-refractivity contribution is 14.0. The normalized spacial score (nSPS) is 10.8. The van der Waals surface area contributed by atoms with Gasteiger partial charge in [-0.05, 0) is 37.1 Å². The molecule has 7 heteroatoms. The van der Waals surface area contributed by atoms with E-state index in [1.807, 2.05) is 31.3 Å². The lowest BCUT2D eigenvalue weighted by atomic mass is 10.2. The smallest absolute Gasteiger partial charge is 0.251 e. The Morgan fingerprint density at radius 2 is 1.79 bits per heavy atom. The van der Waals surface area contributed by atoms with E-state index in [9.17, 15) is 4.79 Å². The van der Waals surface area contributed by atoms with Crippen LogP contribution in [0.2, 0.25) is 0 Å². The first-order valence-electron chi connectivity index (χ1n) is 8.04. The average Bonchev–Trinajstić information content (AvgIpc) is 2.56. The van der Waals surface area contributed by atoms with Crippen molar-refractivity contribution < 1.29 is 4.79 Å². The summed E-state index contributed by atoms with van der Waals surface area (Å²) in [6.45, 7) is 4.59. The van der Waals surface area contributed by atoms with Crippen molar-refractivity contribution in [2.24, 2.45) is 4.99 Å². The van der Waals surface area contributed by atoms with Gasteiger partial charge in [0, 0.05) is 43.8 Å². The summed E-state index contributed by atoms with van der Waals surface area (Å²) in [6, 6.07) is 7.35. The standard InChI is InChI=1S/C17H27BrN4O.HI/c1-4-5-13-22(3)17(19-2)21-12-6-11-20-16(23)14-7-9-15(18)10-8-14;/h7-10H,4-6,11-13H2,1-3H3,(H,19,21)(H,20,23);1H. The second kappa shape index (κ2) is 13.5. The molecule has 5 nitrogen and oxygen atoms in total. The maximum atomic E-state index is 12.0. The lowest BCUT2D eigenvalue weighted by Gasteiger charge is -2.21. The van der Waals surface area contributed by atoms with Crippen LogP contribution >= 0.6 is 39.9 Å². The molecule has 0 saturated heterocycles. The summed E-state index contributed by atoms with van der Waals surface area (Å²) in [6.07, 6.45) is 3.17. The number of hydrogen-bond acceptors (Lipinski definition) is 2. The summed E-state index contributed by atoms with van der Waals surface area (Å²) < 4.78 is 0.969. The Kier molecular flexibility index (Phi) is 13.0. The van der Waals surface area contributed by atoms with Crippen LogP contribution in [0.1, 0.15) is 36.5 Å². The molecule has 0 aliphatic carbocycles. The molecule has 0 bridgehead atoms. The molecule has 0 heterocycles. The van der Waals surface area contributed by atoms with Crippen molar-refractivity contribution >= 4 is 51.8 Å². The summed E-state index contributed by atoms with van der Waals surface area (Å²) in [5.41, 5.74) is 0.677. The number of rotatable bonds is 8. The minimum absolute atomic E-state index is 0. The van der Waals surface area contributed by atoms with Crippen LogP contribution in [-0.2, 0) is 0 Å².